The molecular weight excluding hydrogens is 240 g/mol. The van der Waals surface area contributed by atoms with Crippen LogP contribution in [0, 0.1) is 0 Å². The van der Waals surface area contributed by atoms with Gasteiger partial charge in [-0.25, -0.2) is 0 Å². The third-order valence-electron chi connectivity index (χ3n) is 3.64. The van der Waals surface area contributed by atoms with Crippen LogP contribution in [0.2, 0.25) is 0 Å². The molecule has 4 nitrogen and oxygen atoms in total. The highest BCUT2D eigenvalue weighted by Gasteiger charge is 2.14. The standard InChI is InChI=1S/C15H22N2O2/c1-16(9-10-17-7-2-3-8-17)15(19)12-13-5-4-6-14(18)11-13/h4-6,11,18H,2-3,7-10,12H2,1H3. The summed E-state index contributed by atoms with van der Waals surface area (Å²) in [5, 5.41) is 9.38. The van der Waals surface area contributed by atoms with Gasteiger partial charge in [-0.3, -0.25) is 4.79 Å². The first-order valence-corrected chi connectivity index (χ1v) is 6.89. The predicted molar refractivity (Wildman–Crippen MR) is 75.1 cm³/mol. The molecule has 0 bridgehead atoms. The summed E-state index contributed by atoms with van der Waals surface area (Å²) in [7, 11) is 1.85. The zero-order chi connectivity index (χ0) is 13.7. The average molecular weight is 262 g/mol. The Hall–Kier alpha value is -1.55. The molecule has 4 heteroatoms. The molecule has 0 spiro atoms. The van der Waals surface area contributed by atoms with Gasteiger partial charge in [0.25, 0.3) is 0 Å². The molecule has 1 amide bonds. The number of benzene rings is 1. The Bertz CT molecular complexity index is 428. The van der Waals surface area contributed by atoms with Crippen molar-refractivity contribution in [3.05, 3.63) is 29.8 Å². The second-order valence-corrected chi connectivity index (χ2v) is 5.21. The summed E-state index contributed by atoms with van der Waals surface area (Å²) in [5.41, 5.74) is 0.859. The summed E-state index contributed by atoms with van der Waals surface area (Å²) in [6.07, 6.45) is 2.91. The Morgan fingerprint density at radius 1 is 1.37 bits per heavy atom. The van der Waals surface area contributed by atoms with E-state index in [0.717, 1.165) is 31.7 Å². The predicted octanol–water partition coefficient (Wildman–Crippen LogP) is 1.49. The van der Waals surface area contributed by atoms with Gasteiger partial charge in [0.2, 0.25) is 5.91 Å². The highest BCUT2D eigenvalue weighted by atomic mass is 16.3. The molecule has 2 rings (SSSR count). The minimum absolute atomic E-state index is 0.102. The van der Waals surface area contributed by atoms with Crippen molar-refractivity contribution in [1.82, 2.24) is 9.80 Å². The lowest BCUT2D eigenvalue weighted by molar-refractivity contribution is -0.129. The van der Waals surface area contributed by atoms with E-state index < -0.39 is 0 Å². The quantitative estimate of drug-likeness (QED) is 0.874. The first-order valence-electron chi connectivity index (χ1n) is 6.89. The van der Waals surface area contributed by atoms with E-state index in [1.165, 1.54) is 12.8 Å². The maximum absolute atomic E-state index is 12.1. The van der Waals surface area contributed by atoms with Gasteiger partial charge in [0, 0.05) is 20.1 Å². The number of aromatic hydroxyl groups is 1. The molecule has 1 aliphatic rings. The summed E-state index contributed by atoms with van der Waals surface area (Å²) in [6, 6.07) is 6.89. The summed E-state index contributed by atoms with van der Waals surface area (Å²) < 4.78 is 0. The maximum Gasteiger partial charge on any atom is 0.226 e. The molecule has 1 N–H and O–H groups in total. The van der Waals surface area contributed by atoms with E-state index in [9.17, 15) is 9.90 Å². The molecule has 0 aromatic heterocycles. The van der Waals surface area contributed by atoms with Crippen LogP contribution in [0.1, 0.15) is 18.4 Å². The SMILES string of the molecule is CN(CCN1CCCC1)C(=O)Cc1cccc(O)c1. The zero-order valence-electron chi connectivity index (χ0n) is 11.5. The zero-order valence-corrected chi connectivity index (χ0v) is 11.5. The molecule has 0 atom stereocenters. The summed E-state index contributed by atoms with van der Waals surface area (Å²) in [5.74, 6) is 0.315. The second kappa shape index (κ2) is 6.57. The van der Waals surface area contributed by atoms with E-state index in [0.29, 0.717) is 6.42 Å². The van der Waals surface area contributed by atoms with E-state index in [2.05, 4.69) is 4.90 Å². The van der Waals surface area contributed by atoms with Crippen LogP contribution in [0.4, 0.5) is 0 Å². The molecule has 0 unspecified atom stereocenters. The number of phenolic OH excluding ortho intramolecular Hbond substituents is 1. The number of carbonyl (C=O) groups is 1. The highest BCUT2D eigenvalue weighted by Crippen LogP contribution is 2.12. The number of amides is 1. The van der Waals surface area contributed by atoms with E-state index >= 15 is 0 Å². The maximum atomic E-state index is 12.1. The van der Waals surface area contributed by atoms with Crippen LogP contribution in [-0.4, -0.2) is 54.0 Å². The normalized spacial score (nSPS) is 15.6. The summed E-state index contributed by atoms with van der Waals surface area (Å²) in [6.45, 7) is 4.06. The van der Waals surface area contributed by atoms with Crippen molar-refractivity contribution in [3.63, 3.8) is 0 Å². The van der Waals surface area contributed by atoms with E-state index in [1.54, 1.807) is 23.1 Å². The fourth-order valence-corrected chi connectivity index (χ4v) is 2.40. The average Bonchev–Trinajstić information content (AvgIpc) is 2.89. The van der Waals surface area contributed by atoms with Crippen molar-refractivity contribution >= 4 is 5.91 Å². The minimum Gasteiger partial charge on any atom is -0.508 e. The van der Waals surface area contributed by atoms with Gasteiger partial charge >= 0.3 is 0 Å². The van der Waals surface area contributed by atoms with Crippen LogP contribution >= 0.6 is 0 Å². The van der Waals surface area contributed by atoms with Gasteiger partial charge in [-0.05, 0) is 43.6 Å². The van der Waals surface area contributed by atoms with Crippen molar-refractivity contribution in [2.45, 2.75) is 19.3 Å². The number of likely N-dealkylation sites (tertiary alicyclic amines) is 1. The smallest absolute Gasteiger partial charge is 0.226 e. The largest absolute Gasteiger partial charge is 0.508 e. The lowest BCUT2D eigenvalue weighted by Gasteiger charge is -2.21. The second-order valence-electron chi connectivity index (χ2n) is 5.21. The van der Waals surface area contributed by atoms with Gasteiger partial charge in [-0.15, -0.1) is 0 Å². The fraction of sp³-hybridized carbons (Fsp3) is 0.533. The Morgan fingerprint density at radius 3 is 2.79 bits per heavy atom. The molecule has 1 aromatic carbocycles. The topological polar surface area (TPSA) is 43.8 Å². The van der Waals surface area contributed by atoms with E-state index in [-0.39, 0.29) is 11.7 Å². The molecule has 1 heterocycles. The Balaban J connectivity index is 1.78. The van der Waals surface area contributed by atoms with E-state index in [1.807, 2.05) is 13.1 Å². The van der Waals surface area contributed by atoms with Crippen LogP contribution in [0.15, 0.2) is 24.3 Å². The Kier molecular flexibility index (Phi) is 4.80. The van der Waals surface area contributed by atoms with Crippen LogP contribution in [0.3, 0.4) is 0 Å². The molecule has 1 aliphatic heterocycles. The monoisotopic (exact) mass is 262 g/mol. The first-order chi connectivity index (χ1) is 9.15. The lowest BCUT2D eigenvalue weighted by atomic mass is 10.1. The molecule has 19 heavy (non-hydrogen) atoms. The third kappa shape index (κ3) is 4.24. The Labute approximate surface area is 114 Å². The van der Waals surface area contributed by atoms with Gasteiger partial charge in [0.1, 0.15) is 5.75 Å². The first kappa shape index (κ1) is 13.9. The number of nitrogens with zero attached hydrogens (tertiary/aromatic N) is 2. The van der Waals surface area contributed by atoms with Crippen molar-refractivity contribution in [2.24, 2.45) is 0 Å². The summed E-state index contributed by atoms with van der Waals surface area (Å²) in [4.78, 5) is 16.2. The molecular formula is C15H22N2O2. The Morgan fingerprint density at radius 2 is 2.11 bits per heavy atom. The number of likely N-dealkylation sites (N-methyl/N-ethyl adjacent to an activating group) is 1. The van der Waals surface area contributed by atoms with Gasteiger partial charge in [0.15, 0.2) is 0 Å². The fourth-order valence-electron chi connectivity index (χ4n) is 2.40. The molecule has 104 valence electrons. The van der Waals surface area contributed by atoms with Gasteiger partial charge in [0.05, 0.1) is 6.42 Å². The number of phenols is 1. The molecule has 1 aromatic rings. The van der Waals surface area contributed by atoms with Gasteiger partial charge in [-0.1, -0.05) is 12.1 Å². The van der Waals surface area contributed by atoms with Crippen LogP contribution in [0.25, 0.3) is 0 Å². The number of hydrogen-bond donors (Lipinski definition) is 1. The number of carbonyl (C=O) groups excluding carboxylic acids is 1. The highest BCUT2D eigenvalue weighted by molar-refractivity contribution is 5.78. The molecule has 0 saturated carbocycles. The van der Waals surface area contributed by atoms with Gasteiger partial charge < -0.3 is 14.9 Å². The molecule has 1 fully saturated rings. The molecule has 1 saturated heterocycles. The van der Waals surface area contributed by atoms with Crippen molar-refractivity contribution < 1.29 is 9.90 Å². The number of rotatable bonds is 5. The molecule has 0 radical (unpaired) electrons. The van der Waals surface area contributed by atoms with Crippen LogP contribution in [-0.2, 0) is 11.2 Å². The summed E-state index contributed by atoms with van der Waals surface area (Å²) >= 11 is 0. The van der Waals surface area contributed by atoms with Crippen LogP contribution < -0.4 is 0 Å². The van der Waals surface area contributed by atoms with E-state index in [4.69, 9.17) is 0 Å². The lowest BCUT2D eigenvalue weighted by Crippen LogP contribution is -2.35. The third-order valence-corrected chi connectivity index (χ3v) is 3.64. The number of hydrogen-bond acceptors (Lipinski definition) is 3. The van der Waals surface area contributed by atoms with Gasteiger partial charge in [-0.2, -0.15) is 0 Å². The molecule has 0 aliphatic carbocycles. The van der Waals surface area contributed by atoms with Crippen LogP contribution in [0.5, 0.6) is 5.75 Å². The van der Waals surface area contributed by atoms with Crippen molar-refractivity contribution in [1.29, 1.82) is 0 Å². The van der Waals surface area contributed by atoms with Crippen molar-refractivity contribution in [3.8, 4) is 5.75 Å². The van der Waals surface area contributed by atoms with Crippen molar-refractivity contribution in [2.75, 3.05) is 33.2 Å². The minimum atomic E-state index is 0.102.